The van der Waals surface area contributed by atoms with Crippen molar-refractivity contribution in [3.05, 3.63) is 17.0 Å². The van der Waals surface area contributed by atoms with E-state index in [-0.39, 0.29) is 0 Å². The highest BCUT2D eigenvalue weighted by Crippen LogP contribution is 2.49. The van der Waals surface area contributed by atoms with E-state index in [4.69, 9.17) is 9.05 Å². The van der Waals surface area contributed by atoms with Gasteiger partial charge in [0.1, 0.15) is 4.62 Å². The molecule has 0 unspecified atom stereocenters. The van der Waals surface area contributed by atoms with Gasteiger partial charge in [-0.3, -0.25) is 4.57 Å². The smallest absolute Gasteiger partial charge is 0.305 e. The third kappa shape index (κ3) is 3.14. The summed E-state index contributed by atoms with van der Waals surface area (Å²) in [6.45, 7) is 4.40. The predicted octanol–water partition coefficient (Wildman–Crippen LogP) is 3.53. The van der Waals surface area contributed by atoms with E-state index in [0.29, 0.717) is 23.2 Å². The zero-order valence-electron chi connectivity index (χ0n) is 8.73. The largest absolute Gasteiger partial charge is 0.371 e. The molecule has 0 aliphatic heterocycles. The van der Waals surface area contributed by atoms with E-state index < -0.39 is 7.60 Å². The maximum absolute atomic E-state index is 12.4. The van der Waals surface area contributed by atoms with Crippen LogP contribution in [0.25, 0.3) is 0 Å². The van der Waals surface area contributed by atoms with E-state index in [1.54, 1.807) is 0 Å². The molecule has 3 nitrogen and oxygen atoms in total. The van der Waals surface area contributed by atoms with Crippen molar-refractivity contribution < 1.29 is 13.6 Å². The molecule has 1 aromatic rings. The van der Waals surface area contributed by atoms with Crippen LogP contribution in [0.1, 0.15) is 19.4 Å². The van der Waals surface area contributed by atoms with E-state index in [1.807, 2.05) is 25.3 Å². The van der Waals surface area contributed by atoms with Crippen molar-refractivity contribution in [2.24, 2.45) is 0 Å². The number of rotatable bonds is 6. The van der Waals surface area contributed by atoms with E-state index in [2.05, 4.69) is 15.9 Å². The monoisotopic (exact) mass is 312 g/mol. The second-order valence-electron chi connectivity index (χ2n) is 2.72. The van der Waals surface area contributed by atoms with Gasteiger partial charge in [0.15, 0.2) is 0 Å². The summed E-state index contributed by atoms with van der Waals surface area (Å²) < 4.78 is 23.7. The zero-order chi connectivity index (χ0) is 11.3. The van der Waals surface area contributed by atoms with Crippen molar-refractivity contribution in [2.45, 2.75) is 19.2 Å². The fourth-order valence-corrected chi connectivity index (χ4v) is 5.20. The molecule has 0 saturated heterocycles. The predicted molar refractivity (Wildman–Crippen MR) is 67.4 cm³/mol. The van der Waals surface area contributed by atoms with Crippen LogP contribution >= 0.6 is 34.9 Å². The summed E-state index contributed by atoms with van der Waals surface area (Å²) in [6.07, 6.45) is 0. The molecular formula is C9H14BrO3PS. The van der Waals surface area contributed by atoms with Gasteiger partial charge in [-0.05, 0) is 30.9 Å². The van der Waals surface area contributed by atoms with Crippen molar-refractivity contribution >= 4 is 39.5 Å². The molecule has 0 aliphatic rings. The Balaban J connectivity index is 3.03. The third-order valence-electron chi connectivity index (χ3n) is 1.71. The Morgan fingerprint density at radius 2 is 2.00 bits per heavy atom. The molecule has 0 amide bonds. The first-order chi connectivity index (χ1) is 7.18. The van der Waals surface area contributed by atoms with Crippen LogP contribution in [0.3, 0.4) is 0 Å². The van der Waals surface area contributed by atoms with Gasteiger partial charge in [0.2, 0.25) is 0 Å². The van der Waals surface area contributed by atoms with Gasteiger partial charge < -0.3 is 9.05 Å². The van der Waals surface area contributed by atoms with Gasteiger partial charge in [-0.1, -0.05) is 15.9 Å². The highest BCUT2D eigenvalue weighted by Gasteiger charge is 2.30. The lowest BCUT2D eigenvalue weighted by molar-refractivity contribution is 0.230. The molecule has 1 aromatic heterocycles. The summed E-state index contributed by atoms with van der Waals surface area (Å²) in [5.74, 6) is 0. The van der Waals surface area contributed by atoms with E-state index in [0.717, 1.165) is 5.56 Å². The van der Waals surface area contributed by atoms with Gasteiger partial charge in [-0.2, -0.15) is 0 Å². The SMILES string of the molecule is CCOP(=O)(OCC)c1sccc1CBr. The molecular weight excluding hydrogens is 299 g/mol. The molecule has 0 aliphatic carbocycles. The second kappa shape index (κ2) is 6.16. The Kier molecular flexibility index (Phi) is 5.50. The quantitative estimate of drug-likeness (QED) is 0.595. The molecule has 1 heterocycles. The Morgan fingerprint density at radius 3 is 2.47 bits per heavy atom. The molecule has 0 fully saturated rings. The van der Waals surface area contributed by atoms with Gasteiger partial charge in [-0.25, -0.2) is 0 Å². The minimum atomic E-state index is -3.09. The van der Waals surface area contributed by atoms with Crippen LogP contribution in [0.5, 0.6) is 0 Å². The first-order valence-corrected chi connectivity index (χ1v) is 8.24. The molecule has 1 rings (SSSR count). The molecule has 0 spiro atoms. The van der Waals surface area contributed by atoms with Crippen molar-refractivity contribution in [3.8, 4) is 0 Å². The molecule has 0 saturated carbocycles. The van der Waals surface area contributed by atoms with Gasteiger partial charge >= 0.3 is 7.60 Å². The minimum absolute atomic E-state index is 0.386. The number of thiophene rings is 1. The van der Waals surface area contributed by atoms with Gasteiger partial charge in [0.05, 0.1) is 13.2 Å². The highest BCUT2D eigenvalue weighted by atomic mass is 79.9. The molecule has 6 heteroatoms. The average molecular weight is 313 g/mol. The fraction of sp³-hybridized carbons (Fsp3) is 0.556. The molecule has 0 aromatic carbocycles. The van der Waals surface area contributed by atoms with Crippen molar-refractivity contribution in [1.29, 1.82) is 0 Å². The number of hydrogen-bond donors (Lipinski definition) is 0. The molecule has 0 N–H and O–H groups in total. The lowest BCUT2D eigenvalue weighted by atomic mass is 10.4. The van der Waals surface area contributed by atoms with Crippen LogP contribution in [-0.4, -0.2) is 13.2 Å². The number of alkyl halides is 1. The van der Waals surface area contributed by atoms with Gasteiger partial charge in [0.25, 0.3) is 0 Å². The maximum atomic E-state index is 12.4. The Morgan fingerprint density at radius 1 is 1.40 bits per heavy atom. The molecule has 0 bridgehead atoms. The lowest BCUT2D eigenvalue weighted by Gasteiger charge is -2.16. The summed E-state index contributed by atoms with van der Waals surface area (Å²) in [5.41, 5.74) is 0.977. The summed E-state index contributed by atoms with van der Waals surface area (Å²) in [6, 6.07) is 1.93. The van der Waals surface area contributed by atoms with Crippen LogP contribution in [0.15, 0.2) is 11.4 Å². The number of halogens is 1. The van der Waals surface area contributed by atoms with Crippen LogP contribution in [0.4, 0.5) is 0 Å². The third-order valence-corrected chi connectivity index (χ3v) is 6.04. The number of hydrogen-bond acceptors (Lipinski definition) is 4. The summed E-state index contributed by atoms with van der Waals surface area (Å²) in [5, 5.41) is 2.56. The highest BCUT2D eigenvalue weighted by molar-refractivity contribution is 9.08. The zero-order valence-corrected chi connectivity index (χ0v) is 12.0. The topological polar surface area (TPSA) is 35.5 Å². The molecule has 86 valence electrons. The Labute approximate surface area is 102 Å². The lowest BCUT2D eigenvalue weighted by Crippen LogP contribution is -2.10. The maximum Gasteiger partial charge on any atom is 0.371 e. The van der Waals surface area contributed by atoms with Crippen LogP contribution < -0.4 is 4.62 Å². The Hall–Kier alpha value is 0.330. The van der Waals surface area contributed by atoms with E-state index >= 15 is 0 Å². The van der Waals surface area contributed by atoms with Crippen LogP contribution in [0, 0.1) is 0 Å². The van der Waals surface area contributed by atoms with E-state index in [1.165, 1.54) is 11.3 Å². The average Bonchev–Trinajstić information content (AvgIpc) is 2.66. The summed E-state index contributed by atoms with van der Waals surface area (Å²) >= 11 is 4.77. The van der Waals surface area contributed by atoms with Gasteiger partial charge in [-0.15, -0.1) is 11.3 Å². The van der Waals surface area contributed by atoms with Crippen LogP contribution in [-0.2, 0) is 18.9 Å². The van der Waals surface area contributed by atoms with Gasteiger partial charge in [0, 0.05) is 5.33 Å². The second-order valence-corrected chi connectivity index (χ2v) is 6.46. The standard InChI is InChI=1S/C9H14BrO3PS/c1-3-12-14(11,13-4-2)9-8(7-10)5-6-15-9/h5-6H,3-4,7H2,1-2H3. The van der Waals surface area contributed by atoms with E-state index in [9.17, 15) is 4.57 Å². The first kappa shape index (κ1) is 13.4. The molecule has 0 radical (unpaired) electrons. The van der Waals surface area contributed by atoms with Crippen molar-refractivity contribution in [3.63, 3.8) is 0 Å². The van der Waals surface area contributed by atoms with Crippen LogP contribution in [0.2, 0.25) is 0 Å². The van der Waals surface area contributed by atoms with Crippen molar-refractivity contribution in [1.82, 2.24) is 0 Å². The minimum Gasteiger partial charge on any atom is -0.305 e. The molecule has 15 heavy (non-hydrogen) atoms. The first-order valence-electron chi connectivity index (χ1n) is 4.70. The Bertz CT molecular complexity index is 343. The fourth-order valence-electron chi connectivity index (χ4n) is 1.16. The summed E-state index contributed by atoms with van der Waals surface area (Å²) in [4.78, 5) is 0. The normalized spacial score (nSPS) is 11.9. The summed E-state index contributed by atoms with van der Waals surface area (Å²) in [7, 11) is -3.09. The molecule has 0 atom stereocenters. The van der Waals surface area contributed by atoms with Crippen molar-refractivity contribution in [2.75, 3.05) is 13.2 Å².